The van der Waals surface area contributed by atoms with Crippen molar-refractivity contribution in [1.82, 2.24) is 24.7 Å². The maximum atomic E-state index is 6.44. The molecule has 0 atom stereocenters. The summed E-state index contributed by atoms with van der Waals surface area (Å²) < 4.78 is 7.63. The average molecular weight is 528 g/mol. The minimum absolute atomic E-state index is 0.252. The van der Waals surface area contributed by atoms with E-state index in [1.54, 1.807) is 6.33 Å². The second kappa shape index (κ2) is 9.73. The van der Waals surface area contributed by atoms with Gasteiger partial charge in [0.25, 0.3) is 4.84 Å². The van der Waals surface area contributed by atoms with Crippen molar-refractivity contribution in [3.63, 3.8) is 0 Å². The fraction of sp³-hybridized carbons (Fsp3) is 0.0370. The van der Waals surface area contributed by atoms with Crippen LogP contribution in [0.3, 0.4) is 0 Å². The number of fused-ring (bicyclic) bond motifs is 1. The quantitative estimate of drug-likeness (QED) is 0.136. The number of hydrogen-bond acceptors (Lipinski definition) is 6. The number of rotatable bonds is 6. The molecule has 176 valence electrons. The van der Waals surface area contributed by atoms with Crippen LogP contribution in [0.1, 0.15) is 5.89 Å². The highest BCUT2D eigenvalue weighted by Crippen LogP contribution is 2.45. The molecule has 0 spiro atoms. The van der Waals surface area contributed by atoms with Gasteiger partial charge in [0.2, 0.25) is 5.89 Å². The smallest absolute Gasteiger partial charge is 0.284 e. The number of aromatic nitrogens is 5. The maximum Gasteiger partial charge on any atom is 0.284 e. The third-order valence-electron chi connectivity index (χ3n) is 5.71. The Kier molecular flexibility index (Phi) is 6.14. The van der Waals surface area contributed by atoms with Crippen molar-refractivity contribution in [2.75, 3.05) is 0 Å². The molecule has 36 heavy (non-hydrogen) atoms. The van der Waals surface area contributed by atoms with E-state index in [-0.39, 0.29) is 4.84 Å². The van der Waals surface area contributed by atoms with E-state index >= 15 is 0 Å². The molecule has 1 N–H and O–H groups in total. The summed E-state index contributed by atoms with van der Waals surface area (Å²) in [6.07, 6.45) is 1.59. The Morgan fingerprint density at radius 3 is 2.36 bits per heavy atom. The second-order valence-electron chi connectivity index (χ2n) is 7.94. The summed E-state index contributed by atoms with van der Waals surface area (Å²) in [4.78, 5) is 9.71. The third-order valence-corrected chi connectivity index (χ3v) is 7.09. The molecule has 6 rings (SSSR count). The molecule has 0 unspecified atom stereocenters. The van der Waals surface area contributed by atoms with Crippen molar-refractivity contribution < 1.29 is 4.42 Å². The zero-order chi connectivity index (χ0) is 24.5. The van der Waals surface area contributed by atoms with Crippen LogP contribution in [0.5, 0.6) is 0 Å². The molecule has 0 radical (unpaired) electrons. The number of hydrogen-bond donors (Lipinski definition) is 1. The summed E-state index contributed by atoms with van der Waals surface area (Å²) >= 11 is 13.0. The fourth-order valence-electron chi connectivity index (χ4n) is 4.27. The Balaban J connectivity index is 1.68. The van der Waals surface area contributed by atoms with Gasteiger partial charge in [-0.3, -0.25) is 4.57 Å². The first-order chi connectivity index (χ1) is 17.7. The molecule has 0 aliphatic heterocycles. The van der Waals surface area contributed by atoms with E-state index in [1.165, 1.54) is 11.8 Å². The van der Waals surface area contributed by atoms with Gasteiger partial charge < -0.3 is 4.42 Å². The van der Waals surface area contributed by atoms with Crippen molar-refractivity contribution in [1.29, 1.82) is 0 Å². The van der Waals surface area contributed by atoms with Gasteiger partial charge >= 0.3 is 0 Å². The third kappa shape index (κ3) is 4.24. The van der Waals surface area contributed by atoms with Gasteiger partial charge in [-0.25, -0.2) is 15.1 Å². The molecular weight excluding hydrogens is 510 g/mol. The Morgan fingerprint density at radius 1 is 0.917 bits per heavy atom. The minimum Gasteiger partial charge on any atom is -0.413 e. The molecule has 9 heteroatoms. The molecule has 0 fully saturated rings. The number of halogens is 1. The zero-order valence-corrected chi connectivity index (χ0v) is 21.1. The topological polar surface area (TPSA) is 72.5 Å². The summed E-state index contributed by atoms with van der Waals surface area (Å²) in [5.74, 6) is 0.979. The molecule has 3 aromatic heterocycles. The summed E-state index contributed by atoms with van der Waals surface area (Å²) in [6, 6.07) is 28.4. The molecule has 3 heterocycles. The van der Waals surface area contributed by atoms with Crippen LogP contribution in [0.15, 0.2) is 101 Å². The Hall–Kier alpha value is -3.72. The number of H-pyrrole nitrogens is 1. The molecule has 0 aliphatic rings. The highest BCUT2D eigenvalue weighted by molar-refractivity contribution is 7.98. The monoisotopic (exact) mass is 527 g/mol. The van der Waals surface area contributed by atoms with Gasteiger partial charge in [-0.2, -0.15) is 0 Å². The van der Waals surface area contributed by atoms with Gasteiger partial charge in [-0.15, -0.1) is 5.10 Å². The fourth-order valence-corrected chi connectivity index (χ4v) is 5.44. The number of aromatic amines is 1. The molecule has 0 saturated carbocycles. The molecule has 6 nitrogen and oxygen atoms in total. The van der Waals surface area contributed by atoms with Crippen LogP contribution in [0.25, 0.3) is 39.1 Å². The maximum absolute atomic E-state index is 6.44. The highest BCUT2D eigenvalue weighted by atomic mass is 35.5. The second-order valence-corrected chi connectivity index (χ2v) is 9.72. The van der Waals surface area contributed by atoms with E-state index in [9.17, 15) is 0 Å². The van der Waals surface area contributed by atoms with Crippen LogP contribution in [-0.4, -0.2) is 24.7 Å². The molecule has 6 aromatic rings. The van der Waals surface area contributed by atoms with Gasteiger partial charge in [0, 0.05) is 16.3 Å². The van der Waals surface area contributed by atoms with Crippen molar-refractivity contribution in [3.05, 3.63) is 107 Å². The molecule has 0 saturated heterocycles. The van der Waals surface area contributed by atoms with E-state index in [0.29, 0.717) is 16.7 Å². The number of thioether (sulfide) groups is 1. The van der Waals surface area contributed by atoms with Gasteiger partial charge in [-0.05, 0) is 41.5 Å². The van der Waals surface area contributed by atoms with E-state index in [0.717, 1.165) is 44.1 Å². The zero-order valence-electron chi connectivity index (χ0n) is 18.8. The minimum atomic E-state index is 0.252. The van der Waals surface area contributed by atoms with Crippen molar-refractivity contribution >= 4 is 46.6 Å². The summed E-state index contributed by atoms with van der Waals surface area (Å²) in [7, 11) is 0. The van der Waals surface area contributed by atoms with E-state index < -0.39 is 0 Å². The van der Waals surface area contributed by atoms with Crippen molar-refractivity contribution in [3.8, 4) is 28.1 Å². The Bertz CT molecular complexity index is 1730. The van der Waals surface area contributed by atoms with Crippen molar-refractivity contribution in [2.24, 2.45) is 0 Å². The molecule has 0 aliphatic carbocycles. The normalized spacial score (nSPS) is 11.2. The first kappa shape index (κ1) is 22.7. The van der Waals surface area contributed by atoms with Gasteiger partial charge in [0.05, 0.1) is 16.8 Å². The standard InChI is InChI=1S/C27H18ClN5OS2/c28-19-12-7-13-20(14-19)33-24(18-10-5-2-6-11-18)22(17-8-3-1-4-9-17)23-25(33)29-16-30-26(23)36-15-21-31-32-27(35)34-21/h1-14,16H,15H2,(H,32,35). The van der Waals surface area contributed by atoms with Crippen molar-refractivity contribution in [2.45, 2.75) is 10.8 Å². The van der Waals surface area contributed by atoms with Crippen LogP contribution < -0.4 is 0 Å². The van der Waals surface area contributed by atoms with Crippen LogP contribution in [0.2, 0.25) is 5.02 Å². The molecule has 0 amide bonds. The summed E-state index contributed by atoms with van der Waals surface area (Å²) in [6.45, 7) is 0. The average Bonchev–Trinajstić information content (AvgIpc) is 3.49. The SMILES string of the molecule is S=c1[nH]nc(CSc2ncnc3c2c(-c2ccccc2)c(-c2ccccc2)n3-c2cccc(Cl)c2)o1. The molecule has 0 bridgehead atoms. The number of nitrogens with one attached hydrogen (secondary N) is 1. The van der Waals surface area contributed by atoms with Crippen LogP contribution >= 0.6 is 35.6 Å². The predicted molar refractivity (Wildman–Crippen MR) is 146 cm³/mol. The summed E-state index contributed by atoms with van der Waals surface area (Å²) in [5, 5.41) is 9.23. The highest BCUT2D eigenvalue weighted by Gasteiger charge is 2.25. The van der Waals surface area contributed by atoms with Crippen LogP contribution in [0.4, 0.5) is 0 Å². The van der Waals surface area contributed by atoms with Crippen LogP contribution in [0, 0.1) is 4.84 Å². The molecule has 3 aromatic carbocycles. The van der Waals surface area contributed by atoms with E-state index in [1.807, 2.05) is 60.7 Å². The number of benzene rings is 3. The summed E-state index contributed by atoms with van der Waals surface area (Å²) in [5.41, 5.74) is 5.89. The Labute approximate surface area is 221 Å². The number of nitrogens with zero attached hydrogens (tertiary/aromatic N) is 4. The largest absolute Gasteiger partial charge is 0.413 e. The van der Waals surface area contributed by atoms with Gasteiger partial charge in [0.1, 0.15) is 17.0 Å². The lowest BCUT2D eigenvalue weighted by Crippen LogP contribution is -1.99. The Morgan fingerprint density at radius 2 is 1.67 bits per heavy atom. The predicted octanol–water partition coefficient (Wildman–Crippen LogP) is 7.75. The van der Waals surface area contributed by atoms with Crippen LogP contribution in [-0.2, 0) is 5.75 Å². The first-order valence-electron chi connectivity index (χ1n) is 11.1. The van der Waals surface area contributed by atoms with Gasteiger partial charge in [0.15, 0.2) is 0 Å². The van der Waals surface area contributed by atoms with E-state index in [2.05, 4.69) is 44.0 Å². The van der Waals surface area contributed by atoms with Gasteiger partial charge in [-0.1, -0.05) is 90.1 Å². The molecular formula is C27H18ClN5OS2. The lowest BCUT2D eigenvalue weighted by atomic mass is 9.99. The lowest BCUT2D eigenvalue weighted by molar-refractivity contribution is 0.500. The van der Waals surface area contributed by atoms with E-state index in [4.69, 9.17) is 33.2 Å². The first-order valence-corrected chi connectivity index (χ1v) is 12.9. The lowest BCUT2D eigenvalue weighted by Gasteiger charge is -2.13.